The Morgan fingerprint density at radius 1 is 1.26 bits per heavy atom. The van der Waals surface area contributed by atoms with Crippen molar-refractivity contribution in [2.75, 3.05) is 12.3 Å². The highest BCUT2D eigenvalue weighted by atomic mass is 16.8. The summed E-state index contributed by atoms with van der Waals surface area (Å²) in [6.07, 6.45) is 4.83. The molecule has 10 heteroatoms. The highest BCUT2D eigenvalue weighted by molar-refractivity contribution is 5.81. The van der Waals surface area contributed by atoms with Gasteiger partial charge in [0.1, 0.15) is 36.4 Å². The number of hydrogen-bond donors (Lipinski definition) is 1. The minimum Gasteiger partial charge on any atom is -0.382 e. The van der Waals surface area contributed by atoms with Gasteiger partial charge in [-0.2, -0.15) is 0 Å². The zero-order valence-corrected chi connectivity index (χ0v) is 18.3. The van der Waals surface area contributed by atoms with Gasteiger partial charge in [0.2, 0.25) is 0 Å². The SMILES string of the molecule is CC(C)N(C[C@H]1OC(n2cnc3c(N)ncnc32)[C@@H]2OC(C)(C)O[C@H]12)C1CC(C=O)C1. The molecule has 4 atom stereocenters. The molecule has 31 heavy (non-hydrogen) atoms. The summed E-state index contributed by atoms with van der Waals surface area (Å²) < 4.78 is 20.9. The third kappa shape index (κ3) is 3.51. The van der Waals surface area contributed by atoms with Crippen LogP contribution in [0.25, 0.3) is 11.2 Å². The molecule has 1 saturated carbocycles. The molecule has 2 aromatic rings. The van der Waals surface area contributed by atoms with Gasteiger partial charge in [0.15, 0.2) is 23.5 Å². The number of nitrogens with two attached hydrogens (primary N) is 1. The lowest BCUT2D eigenvalue weighted by Gasteiger charge is -2.44. The van der Waals surface area contributed by atoms with Crippen molar-refractivity contribution in [1.29, 1.82) is 0 Å². The maximum Gasteiger partial charge on any atom is 0.167 e. The van der Waals surface area contributed by atoms with E-state index >= 15 is 0 Å². The molecule has 1 aliphatic carbocycles. The Labute approximate surface area is 181 Å². The maximum atomic E-state index is 11.1. The summed E-state index contributed by atoms with van der Waals surface area (Å²) in [4.78, 5) is 26.3. The Morgan fingerprint density at radius 3 is 2.71 bits per heavy atom. The van der Waals surface area contributed by atoms with E-state index in [-0.39, 0.29) is 24.2 Å². The highest BCUT2D eigenvalue weighted by Gasteiger charge is 2.56. The third-order valence-corrected chi connectivity index (χ3v) is 6.65. The second-order valence-corrected chi connectivity index (χ2v) is 9.52. The first kappa shape index (κ1) is 20.7. The van der Waals surface area contributed by atoms with E-state index in [1.54, 1.807) is 6.33 Å². The second kappa shape index (κ2) is 7.47. The lowest BCUT2D eigenvalue weighted by Crippen LogP contribution is -2.52. The van der Waals surface area contributed by atoms with Crippen molar-refractivity contribution in [2.45, 2.75) is 82.9 Å². The van der Waals surface area contributed by atoms with E-state index in [2.05, 4.69) is 33.7 Å². The average molecular weight is 431 g/mol. The largest absolute Gasteiger partial charge is 0.382 e. The normalized spacial score (nSPS) is 34.4. The fourth-order valence-electron chi connectivity index (χ4n) is 5.09. The molecule has 10 nitrogen and oxygen atoms in total. The number of aromatic nitrogens is 4. The maximum absolute atomic E-state index is 11.1. The van der Waals surface area contributed by atoms with Gasteiger partial charge in [-0.15, -0.1) is 0 Å². The van der Waals surface area contributed by atoms with Crippen molar-refractivity contribution in [3.8, 4) is 0 Å². The van der Waals surface area contributed by atoms with E-state index < -0.39 is 12.0 Å². The smallest absolute Gasteiger partial charge is 0.167 e. The van der Waals surface area contributed by atoms with Crippen LogP contribution < -0.4 is 5.73 Å². The van der Waals surface area contributed by atoms with Gasteiger partial charge in [0.05, 0.1) is 6.33 Å². The van der Waals surface area contributed by atoms with Gasteiger partial charge in [0, 0.05) is 24.5 Å². The van der Waals surface area contributed by atoms with Crippen LogP contribution in [0.15, 0.2) is 12.7 Å². The lowest BCUT2D eigenvalue weighted by atomic mass is 9.79. The van der Waals surface area contributed by atoms with Crippen LogP contribution in [0.3, 0.4) is 0 Å². The standard InChI is InChI=1S/C21H30N6O4/c1-11(2)26(13-5-12(6-13)8-28)7-14-16-17(31-21(3,4)30-16)20(29-14)27-10-25-15-18(22)23-9-24-19(15)27/h8-14,16-17,20H,5-7H2,1-4H3,(H2,22,23,24)/t12?,13?,14-,16-,17-,20?/m1/s1. The van der Waals surface area contributed by atoms with Crippen LogP contribution in [0.1, 0.15) is 46.8 Å². The monoisotopic (exact) mass is 430 g/mol. The number of aldehydes is 1. The number of nitrogens with zero attached hydrogens (tertiary/aromatic N) is 5. The Hall–Kier alpha value is -2.14. The first-order chi connectivity index (χ1) is 14.8. The van der Waals surface area contributed by atoms with Crippen molar-refractivity contribution >= 4 is 23.3 Å². The van der Waals surface area contributed by atoms with Crippen LogP contribution >= 0.6 is 0 Å². The van der Waals surface area contributed by atoms with Gasteiger partial charge in [-0.1, -0.05) is 0 Å². The van der Waals surface area contributed by atoms with Crippen molar-refractivity contribution in [3.63, 3.8) is 0 Å². The van der Waals surface area contributed by atoms with E-state index in [0.29, 0.717) is 35.6 Å². The third-order valence-electron chi connectivity index (χ3n) is 6.65. The zero-order valence-electron chi connectivity index (χ0n) is 18.3. The Kier molecular flexibility index (Phi) is 5.00. The molecule has 4 heterocycles. The number of imidazole rings is 1. The molecule has 0 aromatic carbocycles. The molecule has 2 saturated heterocycles. The molecule has 168 valence electrons. The molecule has 0 bridgehead atoms. The predicted molar refractivity (Wildman–Crippen MR) is 112 cm³/mol. The number of anilines is 1. The molecule has 0 radical (unpaired) electrons. The Morgan fingerprint density at radius 2 is 2.00 bits per heavy atom. The van der Waals surface area contributed by atoms with Crippen LogP contribution in [-0.4, -0.2) is 73.4 Å². The Bertz CT molecular complexity index is 972. The summed E-state index contributed by atoms with van der Waals surface area (Å²) in [5.41, 5.74) is 7.12. The first-order valence-electron chi connectivity index (χ1n) is 10.9. The summed E-state index contributed by atoms with van der Waals surface area (Å²) >= 11 is 0. The second-order valence-electron chi connectivity index (χ2n) is 9.52. The number of ether oxygens (including phenoxy) is 3. The van der Waals surface area contributed by atoms with Crippen LogP contribution in [0, 0.1) is 5.92 Å². The first-order valence-corrected chi connectivity index (χ1v) is 10.9. The van der Waals surface area contributed by atoms with Crippen molar-refractivity contribution in [1.82, 2.24) is 24.4 Å². The molecule has 5 rings (SSSR count). The molecular formula is C21H30N6O4. The fourth-order valence-corrected chi connectivity index (χ4v) is 5.09. The van der Waals surface area contributed by atoms with Gasteiger partial charge in [-0.05, 0) is 40.5 Å². The molecule has 2 aromatic heterocycles. The van der Waals surface area contributed by atoms with E-state index in [1.807, 2.05) is 18.4 Å². The molecule has 0 spiro atoms. The molecule has 1 unspecified atom stereocenters. The molecular weight excluding hydrogens is 400 g/mol. The van der Waals surface area contributed by atoms with Crippen LogP contribution in [0.2, 0.25) is 0 Å². The molecule has 3 fully saturated rings. The van der Waals surface area contributed by atoms with Crippen LogP contribution in [-0.2, 0) is 19.0 Å². The summed E-state index contributed by atoms with van der Waals surface area (Å²) in [6.45, 7) is 8.90. The number of rotatable bonds is 6. The molecule has 3 aliphatic rings. The fraction of sp³-hybridized carbons (Fsp3) is 0.714. The zero-order chi connectivity index (χ0) is 21.9. The Balaban J connectivity index is 1.42. The molecule has 2 N–H and O–H groups in total. The number of carbonyl (C=O) groups is 1. The average Bonchev–Trinajstić information content (AvgIpc) is 3.32. The topological polar surface area (TPSA) is 118 Å². The highest BCUT2D eigenvalue weighted by Crippen LogP contribution is 2.44. The number of carbonyl (C=O) groups excluding carboxylic acids is 1. The molecule has 2 aliphatic heterocycles. The minimum absolute atomic E-state index is 0.170. The summed E-state index contributed by atoms with van der Waals surface area (Å²) in [5.74, 6) is -0.204. The van der Waals surface area contributed by atoms with Gasteiger partial charge in [-0.25, -0.2) is 15.0 Å². The van der Waals surface area contributed by atoms with Gasteiger partial charge in [-0.3, -0.25) is 9.47 Å². The van der Waals surface area contributed by atoms with E-state index in [4.69, 9.17) is 19.9 Å². The number of nitrogen functional groups attached to an aromatic ring is 1. The van der Waals surface area contributed by atoms with E-state index in [9.17, 15) is 4.79 Å². The van der Waals surface area contributed by atoms with Gasteiger partial charge >= 0.3 is 0 Å². The summed E-state index contributed by atoms with van der Waals surface area (Å²) in [6, 6.07) is 0.712. The van der Waals surface area contributed by atoms with E-state index in [1.165, 1.54) is 6.33 Å². The quantitative estimate of drug-likeness (QED) is 0.680. The summed E-state index contributed by atoms with van der Waals surface area (Å²) in [7, 11) is 0. The number of fused-ring (bicyclic) bond motifs is 2. The van der Waals surface area contributed by atoms with Crippen molar-refractivity contribution < 1.29 is 19.0 Å². The summed E-state index contributed by atoms with van der Waals surface area (Å²) in [5, 5.41) is 0. The minimum atomic E-state index is -0.707. The van der Waals surface area contributed by atoms with Crippen molar-refractivity contribution in [3.05, 3.63) is 12.7 Å². The van der Waals surface area contributed by atoms with Gasteiger partial charge < -0.3 is 24.7 Å². The lowest BCUT2D eigenvalue weighted by molar-refractivity contribution is -0.199. The van der Waals surface area contributed by atoms with Crippen LogP contribution in [0.5, 0.6) is 0 Å². The number of hydrogen-bond acceptors (Lipinski definition) is 9. The molecule has 0 amide bonds. The van der Waals surface area contributed by atoms with Crippen molar-refractivity contribution in [2.24, 2.45) is 5.92 Å². The van der Waals surface area contributed by atoms with Crippen LogP contribution in [0.4, 0.5) is 5.82 Å². The predicted octanol–water partition coefficient (Wildman–Crippen LogP) is 1.51. The van der Waals surface area contributed by atoms with Gasteiger partial charge in [0.25, 0.3) is 0 Å². The van der Waals surface area contributed by atoms with E-state index in [0.717, 1.165) is 19.1 Å².